The normalized spacial score (nSPS) is 10.0. The van der Waals surface area contributed by atoms with Crippen molar-refractivity contribution in [3.05, 3.63) is 47.4 Å². The second-order valence-electron chi connectivity index (χ2n) is 2.88. The number of benzene rings is 1. The summed E-state index contributed by atoms with van der Waals surface area (Å²) in [6.07, 6.45) is 0. The average molecular weight is 224 g/mol. The first kappa shape index (κ1) is 9.86. The van der Waals surface area contributed by atoms with Crippen LogP contribution in [0.5, 0.6) is 0 Å². The van der Waals surface area contributed by atoms with Gasteiger partial charge in [-0.2, -0.15) is 0 Å². The second kappa shape index (κ2) is 4.23. The van der Waals surface area contributed by atoms with Gasteiger partial charge >= 0.3 is 0 Å². The molecule has 1 N–H and O–H groups in total. The Morgan fingerprint density at radius 1 is 1.13 bits per heavy atom. The van der Waals surface area contributed by atoms with Gasteiger partial charge in [0.2, 0.25) is 0 Å². The summed E-state index contributed by atoms with van der Waals surface area (Å²) in [6.45, 7) is 0. The van der Waals surface area contributed by atoms with Gasteiger partial charge in [-0.15, -0.1) is 10.2 Å². The zero-order valence-electron chi connectivity index (χ0n) is 7.61. The molecule has 0 spiro atoms. The SMILES string of the molecule is Fc1cccc(Nc2ccc(Cl)nn2)c1. The molecule has 3 nitrogen and oxygen atoms in total. The Hall–Kier alpha value is -1.68. The van der Waals surface area contributed by atoms with Crippen molar-refractivity contribution in [2.24, 2.45) is 0 Å². The first-order valence-corrected chi connectivity index (χ1v) is 4.64. The standard InChI is InChI=1S/C10H7ClFN3/c11-9-4-5-10(15-14-9)13-8-3-1-2-7(12)6-8/h1-6H,(H,13,15). The summed E-state index contributed by atoms with van der Waals surface area (Å²) in [5.41, 5.74) is 0.617. The quantitative estimate of drug-likeness (QED) is 0.851. The molecule has 5 heteroatoms. The predicted octanol–water partition coefficient (Wildman–Crippen LogP) is 3.01. The number of nitrogens with one attached hydrogen (secondary N) is 1. The van der Waals surface area contributed by atoms with Crippen LogP contribution in [0.3, 0.4) is 0 Å². The van der Waals surface area contributed by atoms with Gasteiger partial charge in [0.1, 0.15) is 5.82 Å². The maximum atomic E-state index is 12.8. The number of hydrogen-bond acceptors (Lipinski definition) is 3. The van der Waals surface area contributed by atoms with E-state index in [2.05, 4.69) is 15.5 Å². The molecule has 0 radical (unpaired) electrons. The molecule has 15 heavy (non-hydrogen) atoms. The summed E-state index contributed by atoms with van der Waals surface area (Å²) < 4.78 is 12.8. The van der Waals surface area contributed by atoms with Crippen LogP contribution >= 0.6 is 11.6 Å². The lowest BCUT2D eigenvalue weighted by atomic mass is 10.3. The van der Waals surface area contributed by atoms with E-state index in [0.717, 1.165) is 0 Å². The Morgan fingerprint density at radius 2 is 2.00 bits per heavy atom. The molecule has 0 saturated carbocycles. The molecule has 2 rings (SSSR count). The minimum absolute atomic E-state index is 0.304. The second-order valence-corrected chi connectivity index (χ2v) is 3.26. The molecule has 1 aromatic carbocycles. The van der Waals surface area contributed by atoms with Gasteiger partial charge in [0.05, 0.1) is 0 Å². The number of anilines is 2. The third-order valence-corrected chi connectivity index (χ3v) is 1.93. The third kappa shape index (κ3) is 2.63. The Morgan fingerprint density at radius 3 is 2.67 bits per heavy atom. The molecular weight excluding hydrogens is 217 g/mol. The van der Waals surface area contributed by atoms with Crippen molar-refractivity contribution in [3.8, 4) is 0 Å². The fourth-order valence-corrected chi connectivity index (χ4v) is 1.20. The van der Waals surface area contributed by atoms with E-state index in [4.69, 9.17) is 11.6 Å². The van der Waals surface area contributed by atoms with E-state index in [1.807, 2.05) is 0 Å². The third-order valence-electron chi connectivity index (χ3n) is 1.73. The van der Waals surface area contributed by atoms with Crippen molar-refractivity contribution in [1.82, 2.24) is 10.2 Å². The van der Waals surface area contributed by atoms with Crippen LogP contribution in [-0.2, 0) is 0 Å². The van der Waals surface area contributed by atoms with Crippen LogP contribution in [0.2, 0.25) is 5.15 Å². The summed E-state index contributed by atoms with van der Waals surface area (Å²) in [7, 11) is 0. The van der Waals surface area contributed by atoms with Gasteiger partial charge in [-0.05, 0) is 30.3 Å². The van der Waals surface area contributed by atoms with Gasteiger partial charge in [-0.1, -0.05) is 17.7 Å². The van der Waals surface area contributed by atoms with Crippen LogP contribution < -0.4 is 5.32 Å². The number of hydrogen-bond donors (Lipinski definition) is 1. The minimum Gasteiger partial charge on any atom is -0.339 e. The Bertz CT molecular complexity index is 458. The Balaban J connectivity index is 2.18. The lowest BCUT2D eigenvalue weighted by molar-refractivity contribution is 0.628. The van der Waals surface area contributed by atoms with Crippen LogP contribution in [0.4, 0.5) is 15.9 Å². The van der Waals surface area contributed by atoms with Crippen LogP contribution in [0, 0.1) is 5.82 Å². The number of halogens is 2. The van der Waals surface area contributed by atoms with Crippen LogP contribution in [-0.4, -0.2) is 10.2 Å². The average Bonchev–Trinajstić information content (AvgIpc) is 2.22. The molecule has 0 atom stereocenters. The number of nitrogens with zero attached hydrogens (tertiary/aromatic N) is 2. The van der Waals surface area contributed by atoms with Crippen LogP contribution in [0.1, 0.15) is 0 Å². The lowest BCUT2D eigenvalue weighted by Gasteiger charge is -2.03. The van der Waals surface area contributed by atoms with Crippen LogP contribution in [0.25, 0.3) is 0 Å². The minimum atomic E-state index is -0.304. The first-order valence-electron chi connectivity index (χ1n) is 4.26. The molecule has 0 aliphatic heterocycles. The Labute approximate surface area is 90.9 Å². The van der Waals surface area contributed by atoms with E-state index in [1.165, 1.54) is 12.1 Å². The zero-order chi connectivity index (χ0) is 10.7. The maximum absolute atomic E-state index is 12.8. The Kier molecular flexibility index (Phi) is 2.78. The fraction of sp³-hybridized carbons (Fsp3) is 0. The van der Waals surface area contributed by atoms with Crippen molar-refractivity contribution in [3.63, 3.8) is 0 Å². The highest BCUT2D eigenvalue weighted by Crippen LogP contribution is 2.15. The molecule has 0 aliphatic carbocycles. The first-order chi connectivity index (χ1) is 7.24. The molecule has 0 amide bonds. The zero-order valence-corrected chi connectivity index (χ0v) is 8.37. The van der Waals surface area contributed by atoms with E-state index in [9.17, 15) is 4.39 Å². The van der Waals surface area contributed by atoms with E-state index in [1.54, 1.807) is 24.3 Å². The van der Waals surface area contributed by atoms with Gasteiger partial charge < -0.3 is 5.32 Å². The predicted molar refractivity (Wildman–Crippen MR) is 56.7 cm³/mol. The van der Waals surface area contributed by atoms with E-state index in [-0.39, 0.29) is 5.82 Å². The topological polar surface area (TPSA) is 37.8 Å². The van der Waals surface area contributed by atoms with Gasteiger partial charge in [-0.25, -0.2) is 4.39 Å². The highest BCUT2D eigenvalue weighted by atomic mass is 35.5. The molecule has 0 saturated heterocycles. The summed E-state index contributed by atoms with van der Waals surface area (Å²) in [4.78, 5) is 0. The van der Waals surface area contributed by atoms with Crippen molar-refractivity contribution in [2.45, 2.75) is 0 Å². The molecule has 2 aromatic rings. The van der Waals surface area contributed by atoms with Crippen LogP contribution in [0.15, 0.2) is 36.4 Å². The maximum Gasteiger partial charge on any atom is 0.153 e. The van der Waals surface area contributed by atoms with Crippen molar-refractivity contribution in [2.75, 3.05) is 5.32 Å². The molecule has 0 unspecified atom stereocenters. The summed E-state index contributed by atoms with van der Waals surface area (Å²) >= 11 is 5.58. The van der Waals surface area contributed by atoms with Gasteiger partial charge in [0, 0.05) is 5.69 Å². The summed E-state index contributed by atoms with van der Waals surface area (Å²) in [5.74, 6) is 0.215. The number of rotatable bonds is 2. The smallest absolute Gasteiger partial charge is 0.153 e. The fourth-order valence-electron chi connectivity index (χ4n) is 1.10. The molecule has 0 bridgehead atoms. The van der Waals surface area contributed by atoms with E-state index < -0.39 is 0 Å². The van der Waals surface area contributed by atoms with Crippen molar-refractivity contribution < 1.29 is 4.39 Å². The largest absolute Gasteiger partial charge is 0.339 e. The van der Waals surface area contributed by atoms with E-state index in [0.29, 0.717) is 16.7 Å². The molecular formula is C10H7ClFN3. The molecule has 1 heterocycles. The lowest BCUT2D eigenvalue weighted by Crippen LogP contribution is -1.95. The van der Waals surface area contributed by atoms with Crippen molar-refractivity contribution >= 4 is 23.1 Å². The molecule has 1 aromatic heterocycles. The highest BCUT2D eigenvalue weighted by molar-refractivity contribution is 6.29. The molecule has 0 fully saturated rings. The summed E-state index contributed by atoms with van der Waals surface area (Å²) in [5, 5.41) is 10.7. The van der Waals surface area contributed by atoms with E-state index >= 15 is 0 Å². The van der Waals surface area contributed by atoms with Gasteiger partial charge in [0.25, 0.3) is 0 Å². The highest BCUT2D eigenvalue weighted by Gasteiger charge is 1.98. The van der Waals surface area contributed by atoms with Crippen molar-refractivity contribution in [1.29, 1.82) is 0 Å². The van der Waals surface area contributed by atoms with Gasteiger partial charge in [-0.3, -0.25) is 0 Å². The molecule has 0 aliphatic rings. The molecule has 76 valence electrons. The van der Waals surface area contributed by atoms with Gasteiger partial charge in [0.15, 0.2) is 11.0 Å². The summed E-state index contributed by atoms with van der Waals surface area (Å²) in [6, 6.07) is 9.37. The number of aromatic nitrogens is 2. The monoisotopic (exact) mass is 223 g/mol.